The molecule has 0 radical (unpaired) electrons. The van der Waals surface area contributed by atoms with Crippen LogP contribution in [0, 0.1) is 12.8 Å². The van der Waals surface area contributed by atoms with E-state index in [9.17, 15) is 4.79 Å². The summed E-state index contributed by atoms with van der Waals surface area (Å²) >= 11 is 0. The van der Waals surface area contributed by atoms with E-state index in [4.69, 9.17) is 0 Å². The lowest BCUT2D eigenvalue weighted by Gasteiger charge is -2.32. The summed E-state index contributed by atoms with van der Waals surface area (Å²) in [4.78, 5) is 23.4. The molecule has 1 aromatic carbocycles. The van der Waals surface area contributed by atoms with Gasteiger partial charge in [-0.2, -0.15) is 0 Å². The van der Waals surface area contributed by atoms with E-state index in [-0.39, 0.29) is 5.91 Å². The van der Waals surface area contributed by atoms with E-state index in [1.54, 1.807) is 6.07 Å². The molecule has 6 heteroatoms. The molecule has 1 saturated heterocycles. The maximum atomic E-state index is 12.2. The minimum Gasteiger partial charge on any atom is -0.372 e. The minimum absolute atomic E-state index is 0.167. The summed E-state index contributed by atoms with van der Waals surface area (Å²) in [6, 6.07) is 10.0. The Morgan fingerprint density at radius 2 is 1.89 bits per heavy atom. The third kappa shape index (κ3) is 5.18. The zero-order valence-electron chi connectivity index (χ0n) is 16.5. The van der Waals surface area contributed by atoms with Crippen molar-refractivity contribution >= 4 is 23.2 Å². The number of anilines is 3. The number of carbonyl (C=O) groups is 1. The molecule has 1 aromatic heterocycles. The van der Waals surface area contributed by atoms with Gasteiger partial charge in [-0.1, -0.05) is 13.8 Å². The number of hydrogen-bond acceptors (Lipinski definition) is 5. The van der Waals surface area contributed by atoms with Crippen molar-refractivity contribution in [3.05, 3.63) is 41.7 Å². The molecule has 27 heavy (non-hydrogen) atoms. The second kappa shape index (κ2) is 8.84. The standard InChI is InChI=1S/C21H29N5O/c1-4-11-22-20(27)19-14-16(3)23-21(25-19)24-17-5-7-18(8-6-17)26-12-9-15(2)10-13-26/h5-8,14-15H,4,9-13H2,1-3H3,(H,22,27)(H,23,24,25). The van der Waals surface area contributed by atoms with Crippen LogP contribution in [0.15, 0.2) is 30.3 Å². The normalized spacial score (nSPS) is 14.9. The van der Waals surface area contributed by atoms with Crippen LogP contribution in [0.1, 0.15) is 49.3 Å². The molecule has 6 nitrogen and oxygen atoms in total. The monoisotopic (exact) mass is 367 g/mol. The Morgan fingerprint density at radius 3 is 2.56 bits per heavy atom. The molecule has 3 rings (SSSR count). The first-order chi connectivity index (χ1) is 13.0. The van der Waals surface area contributed by atoms with E-state index in [0.717, 1.165) is 36.8 Å². The number of carbonyl (C=O) groups excluding carboxylic acids is 1. The molecule has 0 atom stereocenters. The molecule has 2 N–H and O–H groups in total. The minimum atomic E-state index is -0.167. The van der Waals surface area contributed by atoms with Gasteiger partial charge in [0.25, 0.3) is 5.91 Å². The van der Waals surface area contributed by atoms with E-state index in [2.05, 4.69) is 44.6 Å². The number of nitrogens with one attached hydrogen (secondary N) is 2. The first-order valence-corrected chi connectivity index (χ1v) is 9.81. The van der Waals surface area contributed by atoms with Gasteiger partial charge in [0.15, 0.2) is 0 Å². The van der Waals surface area contributed by atoms with Crippen LogP contribution >= 0.6 is 0 Å². The number of nitrogens with zero attached hydrogens (tertiary/aromatic N) is 3. The van der Waals surface area contributed by atoms with Gasteiger partial charge in [-0.3, -0.25) is 4.79 Å². The fraction of sp³-hybridized carbons (Fsp3) is 0.476. The van der Waals surface area contributed by atoms with Gasteiger partial charge in [-0.05, 0) is 62.4 Å². The lowest BCUT2D eigenvalue weighted by molar-refractivity contribution is 0.0948. The molecule has 1 amide bonds. The fourth-order valence-corrected chi connectivity index (χ4v) is 3.22. The van der Waals surface area contributed by atoms with Crippen LogP contribution in [0.4, 0.5) is 17.3 Å². The quantitative estimate of drug-likeness (QED) is 0.810. The molecule has 0 unspecified atom stereocenters. The molecule has 0 saturated carbocycles. The smallest absolute Gasteiger partial charge is 0.270 e. The maximum Gasteiger partial charge on any atom is 0.270 e. The van der Waals surface area contributed by atoms with E-state index >= 15 is 0 Å². The van der Waals surface area contributed by atoms with Gasteiger partial charge in [0.05, 0.1) is 0 Å². The Bertz CT molecular complexity index is 767. The topological polar surface area (TPSA) is 70.2 Å². The van der Waals surface area contributed by atoms with E-state index in [1.165, 1.54) is 18.5 Å². The summed E-state index contributed by atoms with van der Waals surface area (Å²) in [5.74, 6) is 1.10. The second-order valence-corrected chi connectivity index (χ2v) is 7.32. The summed E-state index contributed by atoms with van der Waals surface area (Å²) in [5.41, 5.74) is 3.30. The molecular weight excluding hydrogens is 338 g/mol. The molecular formula is C21H29N5O. The fourth-order valence-electron chi connectivity index (χ4n) is 3.22. The van der Waals surface area contributed by atoms with Gasteiger partial charge < -0.3 is 15.5 Å². The predicted molar refractivity (Wildman–Crippen MR) is 110 cm³/mol. The lowest BCUT2D eigenvalue weighted by Crippen LogP contribution is -2.32. The van der Waals surface area contributed by atoms with Crippen molar-refractivity contribution in [2.45, 2.75) is 40.0 Å². The Labute approximate surface area is 161 Å². The van der Waals surface area contributed by atoms with Crippen molar-refractivity contribution in [2.75, 3.05) is 29.9 Å². The van der Waals surface area contributed by atoms with Crippen molar-refractivity contribution in [3.63, 3.8) is 0 Å². The Kier molecular flexibility index (Phi) is 6.27. The predicted octanol–water partition coefficient (Wildman–Crippen LogP) is 3.90. The van der Waals surface area contributed by atoms with Crippen molar-refractivity contribution in [1.82, 2.24) is 15.3 Å². The van der Waals surface area contributed by atoms with Crippen LogP contribution in [0.5, 0.6) is 0 Å². The summed E-state index contributed by atoms with van der Waals surface area (Å²) in [7, 11) is 0. The molecule has 2 aromatic rings. The highest BCUT2D eigenvalue weighted by molar-refractivity contribution is 5.92. The van der Waals surface area contributed by atoms with Crippen molar-refractivity contribution in [3.8, 4) is 0 Å². The van der Waals surface area contributed by atoms with Gasteiger partial charge in [-0.25, -0.2) is 9.97 Å². The SMILES string of the molecule is CCCNC(=O)c1cc(C)nc(Nc2ccc(N3CCC(C)CC3)cc2)n1. The average Bonchev–Trinajstić information content (AvgIpc) is 2.67. The summed E-state index contributed by atoms with van der Waals surface area (Å²) in [6.45, 7) is 9.08. The number of amides is 1. The molecule has 1 aliphatic rings. The van der Waals surface area contributed by atoms with E-state index < -0.39 is 0 Å². The third-order valence-corrected chi connectivity index (χ3v) is 4.89. The second-order valence-electron chi connectivity index (χ2n) is 7.32. The zero-order valence-corrected chi connectivity index (χ0v) is 16.5. The largest absolute Gasteiger partial charge is 0.372 e. The number of aryl methyl sites for hydroxylation is 1. The average molecular weight is 367 g/mol. The number of hydrogen-bond donors (Lipinski definition) is 2. The van der Waals surface area contributed by atoms with Crippen LogP contribution in [0.25, 0.3) is 0 Å². The molecule has 0 aliphatic carbocycles. The first-order valence-electron chi connectivity index (χ1n) is 9.81. The number of piperidine rings is 1. The molecule has 144 valence electrons. The van der Waals surface area contributed by atoms with E-state index in [0.29, 0.717) is 18.2 Å². The lowest BCUT2D eigenvalue weighted by atomic mass is 9.99. The zero-order chi connectivity index (χ0) is 19.2. The molecule has 1 aliphatic heterocycles. The summed E-state index contributed by atoms with van der Waals surface area (Å²) < 4.78 is 0. The van der Waals surface area contributed by atoms with E-state index in [1.807, 2.05) is 26.0 Å². The van der Waals surface area contributed by atoms with Gasteiger partial charge >= 0.3 is 0 Å². The summed E-state index contributed by atoms with van der Waals surface area (Å²) in [6.07, 6.45) is 3.39. The van der Waals surface area contributed by atoms with Crippen LogP contribution in [-0.2, 0) is 0 Å². The van der Waals surface area contributed by atoms with Gasteiger partial charge in [-0.15, -0.1) is 0 Å². The van der Waals surface area contributed by atoms with Crippen LogP contribution in [-0.4, -0.2) is 35.5 Å². The molecule has 0 spiro atoms. The number of aromatic nitrogens is 2. The Morgan fingerprint density at radius 1 is 1.19 bits per heavy atom. The van der Waals surface area contributed by atoms with Gasteiger partial charge in [0.2, 0.25) is 5.95 Å². The highest BCUT2D eigenvalue weighted by atomic mass is 16.1. The number of rotatable bonds is 6. The molecule has 1 fully saturated rings. The van der Waals surface area contributed by atoms with Gasteiger partial charge in [0.1, 0.15) is 5.69 Å². The highest BCUT2D eigenvalue weighted by Crippen LogP contribution is 2.25. The van der Waals surface area contributed by atoms with Crippen molar-refractivity contribution in [2.24, 2.45) is 5.92 Å². The van der Waals surface area contributed by atoms with Crippen molar-refractivity contribution < 1.29 is 4.79 Å². The van der Waals surface area contributed by atoms with Gasteiger partial charge in [0, 0.05) is 36.7 Å². The van der Waals surface area contributed by atoms with Crippen LogP contribution in [0.2, 0.25) is 0 Å². The number of benzene rings is 1. The Balaban J connectivity index is 1.68. The third-order valence-electron chi connectivity index (χ3n) is 4.89. The molecule has 0 bridgehead atoms. The Hall–Kier alpha value is -2.63. The van der Waals surface area contributed by atoms with Crippen LogP contribution in [0.3, 0.4) is 0 Å². The molecule has 2 heterocycles. The van der Waals surface area contributed by atoms with Crippen LogP contribution < -0.4 is 15.5 Å². The van der Waals surface area contributed by atoms with Crippen molar-refractivity contribution in [1.29, 1.82) is 0 Å². The highest BCUT2D eigenvalue weighted by Gasteiger charge is 2.16. The maximum absolute atomic E-state index is 12.2. The summed E-state index contributed by atoms with van der Waals surface area (Å²) in [5, 5.41) is 6.06. The first kappa shape index (κ1) is 19.1.